The van der Waals surface area contributed by atoms with Crippen LogP contribution in [0.4, 0.5) is 0 Å². The van der Waals surface area contributed by atoms with Crippen LogP contribution in [0.2, 0.25) is 0 Å². The monoisotopic (exact) mass is 294 g/mol. The molecule has 4 nitrogen and oxygen atoms in total. The van der Waals surface area contributed by atoms with E-state index in [1.54, 1.807) is 11.3 Å². The lowest BCUT2D eigenvalue weighted by Gasteiger charge is -2.38. The molecule has 1 aromatic rings. The lowest BCUT2D eigenvalue weighted by Crippen LogP contribution is -2.53. The molecule has 2 N–H and O–H groups in total. The number of hydrogen-bond acceptors (Lipinski definition) is 5. The predicted molar refractivity (Wildman–Crippen MR) is 83.9 cm³/mol. The molecular weight excluding hydrogens is 268 g/mol. The van der Waals surface area contributed by atoms with Crippen molar-refractivity contribution in [1.82, 2.24) is 14.8 Å². The highest BCUT2D eigenvalue weighted by atomic mass is 32.1. The lowest BCUT2D eigenvalue weighted by atomic mass is 9.94. The van der Waals surface area contributed by atoms with E-state index in [9.17, 15) is 0 Å². The van der Waals surface area contributed by atoms with Gasteiger partial charge in [0, 0.05) is 42.1 Å². The zero-order chi connectivity index (χ0) is 14.3. The van der Waals surface area contributed by atoms with Crippen LogP contribution >= 0.6 is 11.3 Å². The number of nitrogens with two attached hydrogens (primary N) is 1. The summed E-state index contributed by atoms with van der Waals surface area (Å²) in [4.78, 5) is 10.9. The quantitative estimate of drug-likeness (QED) is 0.900. The second-order valence-electron chi connectivity index (χ2n) is 6.60. The van der Waals surface area contributed by atoms with Crippen LogP contribution in [0.3, 0.4) is 0 Å². The SMILES string of the molecule is Cc1ncsc1CN(C)C1(CN)CC(C)N(C2CC2)C1. The number of likely N-dealkylation sites (tertiary alicyclic amines) is 1. The Morgan fingerprint density at radius 3 is 2.85 bits per heavy atom. The molecule has 20 heavy (non-hydrogen) atoms. The summed E-state index contributed by atoms with van der Waals surface area (Å²) < 4.78 is 0. The Bertz CT molecular complexity index is 470. The van der Waals surface area contributed by atoms with Crippen molar-refractivity contribution in [1.29, 1.82) is 0 Å². The molecule has 5 heteroatoms. The second-order valence-corrected chi connectivity index (χ2v) is 7.54. The molecule has 0 radical (unpaired) electrons. The Balaban J connectivity index is 1.73. The summed E-state index contributed by atoms with van der Waals surface area (Å²) in [6, 6.07) is 1.49. The highest BCUT2D eigenvalue weighted by Gasteiger charge is 2.48. The molecule has 2 heterocycles. The van der Waals surface area contributed by atoms with Gasteiger partial charge >= 0.3 is 0 Å². The number of thiazole rings is 1. The predicted octanol–water partition coefficient (Wildman–Crippen LogP) is 1.84. The van der Waals surface area contributed by atoms with Crippen LogP contribution in [0.25, 0.3) is 0 Å². The van der Waals surface area contributed by atoms with Crippen molar-refractivity contribution in [2.75, 3.05) is 20.1 Å². The third kappa shape index (κ3) is 2.52. The van der Waals surface area contributed by atoms with Crippen LogP contribution in [-0.2, 0) is 6.54 Å². The molecule has 1 saturated carbocycles. The van der Waals surface area contributed by atoms with Crippen molar-refractivity contribution >= 4 is 11.3 Å². The molecule has 2 atom stereocenters. The highest BCUT2D eigenvalue weighted by molar-refractivity contribution is 7.09. The Labute approximate surface area is 126 Å². The summed E-state index contributed by atoms with van der Waals surface area (Å²) in [6.07, 6.45) is 3.94. The number of likely N-dealkylation sites (N-methyl/N-ethyl adjacent to an activating group) is 1. The normalized spacial score (nSPS) is 31.4. The molecule has 112 valence electrons. The molecule has 0 amide bonds. The Kier molecular flexibility index (Phi) is 3.88. The van der Waals surface area contributed by atoms with Gasteiger partial charge in [-0.15, -0.1) is 11.3 Å². The fourth-order valence-electron chi connectivity index (χ4n) is 3.56. The van der Waals surface area contributed by atoms with E-state index in [0.29, 0.717) is 6.04 Å². The third-order valence-corrected chi connectivity index (χ3v) is 6.07. The van der Waals surface area contributed by atoms with Gasteiger partial charge in [-0.25, -0.2) is 4.98 Å². The topological polar surface area (TPSA) is 45.4 Å². The van der Waals surface area contributed by atoms with E-state index in [0.717, 1.165) is 25.7 Å². The zero-order valence-corrected chi connectivity index (χ0v) is 13.6. The minimum absolute atomic E-state index is 0.137. The fraction of sp³-hybridized carbons (Fsp3) is 0.800. The van der Waals surface area contributed by atoms with Crippen LogP contribution in [0.15, 0.2) is 5.51 Å². The average molecular weight is 294 g/mol. The minimum Gasteiger partial charge on any atom is -0.329 e. The molecule has 1 aromatic heterocycles. The number of nitrogens with zero attached hydrogens (tertiary/aromatic N) is 3. The Hall–Kier alpha value is -0.490. The van der Waals surface area contributed by atoms with Gasteiger partial charge in [0.2, 0.25) is 0 Å². The zero-order valence-electron chi connectivity index (χ0n) is 12.8. The maximum atomic E-state index is 6.20. The highest BCUT2D eigenvalue weighted by Crippen LogP contribution is 2.39. The summed E-state index contributed by atoms with van der Waals surface area (Å²) in [5.74, 6) is 0. The van der Waals surface area contributed by atoms with Crippen LogP contribution in [0.1, 0.15) is 36.8 Å². The van der Waals surface area contributed by atoms with Crippen molar-refractivity contribution < 1.29 is 0 Å². The van der Waals surface area contributed by atoms with Gasteiger partial charge in [0.25, 0.3) is 0 Å². The van der Waals surface area contributed by atoms with E-state index >= 15 is 0 Å². The van der Waals surface area contributed by atoms with E-state index < -0.39 is 0 Å². The fourth-order valence-corrected chi connectivity index (χ4v) is 4.39. The van der Waals surface area contributed by atoms with Gasteiger partial charge in [0.1, 0.15) is 0 Å². The summed E-state index contributed by atoms with van der Waals surface area (Å²) in [7, 11) is 2.23. The van der Waals surface area contributed by atoms with Gasteiger partial charge in [-0.2, -0.15) is 0 Å². The molecule has 2 aliphatic rings. The van der Waals surface area contributed by atoms with Crippen LogP contribution in [0.5, 0.6) is 0 Å². The van der Waals surface area contributed by atoms with Gasteiger partial charge < -0.3 is 5.73 Å². The molecule has 2 fully saturated rings. The molecule has 0 spiro atoms. The Morgan fingerprint density at radius 2 is 2.30 bits per heavy atom. The van der Waals surface area contributed by atoms with E-state index in [-0.39, 0.29) is 5.54 Å². The maximum absolute atomic E-state index is 6.20. The van der Waals surface area contributed by atoms with Crippen LogP contribution in [0, 0.1) is 6.92 Å². The summed E-state index contributed by atoms with van der Waals surface area (Å²) in [5, 5.41) is 0. The van der Waals surface area contributed by atoms with E-state index in [1.165, 1.54) is 29.8 Å². The van der Waals surface area contributed by atoms with E-state index in [2.05, 4.69) is 35.7 Å². The largest absolute Gasteiger partial charge is 0.329 e. The molecule has 2 unspecified atom stereocenters. The summed E-state index contributed by atoms with van der Waals surface area (Å²) in [6.45, 7) is 7.31. The molecule has 3 rings (SSSR count). The molecule has 0 bridgehead atoms. The molecule has 1 aliphatic carbocycles. The van der Waals surface area contributed by atoms with Crippen molar-refractivity contribution in [2.24, 2.45) is 5.73 Å². The van der Waals surface area contributed by atoms with Gasteiger partial charge in [-0.05, 0) is 40.2 Å². The number of rotatable bonds is 5. The van der Waals surface area contributed by atoms with Gasteiger partial charge in [0.15, 0.2) is 0 Å². The molecule has 1 aliphatic heterocycles. The van der Waals surface area contributed by atoms with Gasteiger partial charge in [-0.1, -0.05) is 0 Å². The smallest absolute Gasteiger partial charge is 0.0798 e. The van der Waals surface area contributed by atoms with E-state index in [1.807, 2.05) is 5.51 Å². The summed E-state index contributed by atoms with van der Waals surface area (Å²) >= 11 is 1.76. The standard InChI is InChI=1S/C15H26N4S/c1-11-6-15(8-16,9-19(11)13-4-5-13)18(3)7-14-12(2)17-10-20-14/h10-11,13H,4-9,16H2,1-3H3. The third-order valence-electron chi connectivity index (χ3n) is 5.15. The van der Waals surface area contributed by atoms with Gasteiger partial charge in [0.05, 0.1) is 11.2 Å². The van der Waals surface area contributed by atoms with Gasteiger partial charge in [-0.3, -0.25) is 9.80 Å². The van der Waals surface area contributed by atoms with Crippen LogP contribution in [-0.4, -0.2) is 52.5 Å². The van der Waals surface area contributed by atoms with Crippen molar-refractivity contribution in [3.63, 3.8) is 0 Å². The van der Waals surface area contributed by atoms with Crippen molar-refractivity contribution in [3.8, 4) is 0 Å². The first-order valence-electron chi connectivity index (χ1n) is 7.62. The first-order valence-corrected chi connectivity index (χ1v) is 8.50. The second kappa shape index (κ2) is 5.37. The first kappa shape index (κ1) is 14.4. The van der Waals surface area contributed by atoms with Crippen molar-refractivity contribution in [3.05, 3.63) is 16.1 Å². The maximum Gasteiger partial charge on any atom is 0.0798 e. The average Bonchev–Trinajstić information content (AvgIpc) is 3.11. The minimum atomic E-state index is 0.137. The molecule has 1 saturated heterocycles. The number of hydrogen-bond donors (Lipinski definition) is 1. The number of aryl methyl sites for hydroxylation is 1. The van der Waals surface area contributed by atoms with E-state index in [4.69, 9.17) is 5.73 Å². The molecular formula is C15H26N4S. The van der Waals surface area contributed by atoms with Crippen LogP contribution < -0.4 is 5.73 Å². The summed E-state index contributed by atoms with van der Waals surface area (Å²) in [5.41, 5.74) is 9.45. The number of aromatic nitrogens is 1. The van der Waals surface area contributed by atoms with Crippen molar-refractivity contribution in [2.45, 2.75) is 57.3 Å². The molecule has 0 aromatic carbocycles. The Morgan fingerprint density at radius 1 is 1.55 bits per heavy atom. The lowest BCUT2D eigenvalue weighted by molar-refractivity contribution is 0.121. The first-order chi connectivity index (χ1) is 9.55.